The smallest absolute Gasteiger partial charge is 0.340 e. The first kappa shape index (κ1) is 15.3. The SMILES string of the molecule is CCC(CCO)Nc1cc(C)c(N)c(C(=O)OC)c1. The second-order valence-electron chi connectivity index (χ2n) is 4.51. The molecule has 0 saturated heterocycles. The van der Waals surface area contributed by atoms with Crippen molar-refractivity contribution >= 4 is 17.3 Å². The Morgan fingerprint density at radius 3 is 2.74 bits per heavy atom. The highest BCUT2D eigenvalue weighted by Gasteiger charge is 2.14. The molecule has 0 aliphatic heterocycles. The summed E-state index contributed by atoms with van der Waals surface area (Å²) in [6.07, 6.45) is 1.55. The number of esters is 1. The number of anilines is 2. The van der Waals surface area contributed by atoms with Crippen molar-refractivity contribution in [2.45, 2.75) is 32.7 Å². The summed E-state index contributed by atoms with van der Waals surface area (Å²) in [5, 5.41) is 12.3. The van der Waals surface area contributed by atoms with Gasteiger partial charge in [0, 0.05) is 24.0 Å². The van der Waals surface area contributed by atoms with Crippen molar-refractivity contribution in [2.75, 3.05) is 24.8 Å². The van der Waals surface area contributed by atoms with Gasteiger partial charge in [-0.15, -0.1) is 0 Å². The number of nitrogen functional groups attached to an aromatic ring is 1. The van der Waals surface area contributed by atoms with Crippen LogP contribution in [0, 0.1) is 6.92 Å². The van der Waals surface area contributed by atoms with Crippen LogP contribution < -0.4 is 11.1 Å². The predicted molar refractivity (Wildman–Crippen MR) is 76.3 cm³/mol. The fourth-order valence-electron chi connectivity index (χ4n) is 1.93. The number of aliphatic hydroxyl groups excluding tert-OH is 1. The molecule has 1 rings (SSSR count). The van der Waals surface area contributed by atoms with Crippen LogP contribution in [0.15, 0.2) is 12.1 Å². The van der Waals surface area contributed by atoms with Gasteiger partial charge in [-0.1, -0.05) is 6.92 Å². The molecule has 0 heterocycles. The van der Waals surface area contributed by atoms with Crippen LogP contribution in [0.1, 0.15) is 35.7 Å². The third-order valence-electron chi connectivity index (χ3n) is 3.13. The van der Waals surface area contributed by atoms with E-state index in [4.69, 9.17) is 15.6 Å². The van der Waals surface area contributed by atoms with E-state index >= 15 is 0 Å². The lowest BCUT2D eigenvalue weighted by Gasteiger charge is -2.19. The Balaban J connectivity index is 3.02. The molecular formula is C14H22N2O3. The van der Waals surface area contributed by atoms with E-state index in [-0.39, 0.29) is 12.6 Å². The monoisotopic (exact) mass is 266 g/mol. The molecule has 0 radical (unpaired) electrons. The fourth-order valence-corrected chi connectivity index (χ4v) is 1.93. The number of ether oxygens (including phenoxy) is 1. The fraction of sp³-hybridized carbons (Fsp3) is 0.500. The summed E-state index contributed by atoms with van der Waals surface area (Å²) in [5.41, 5.74) is 8.32. The molecule has 0 amide bonds. The minimum Gasteiger partial charge on any atom is -0.465 e. The van der Waals surface area contributed by atoms with Gasteiger partial charge in [0.05, 0.1) is 12.7 Å². The molecule has 5 heteroatoms. The van der Waals surface area contributed by atoms with E-state index in [9.17, 15) is 4.79 Å². The number of hydrogen-bond donors (Lipinski definition) is 3. The van der Waals surface area contributed by atoms with E-state index in [1.807, 2.05) is 19.9 Å². The van der Waals surface area contributed by atoms with Crippen LogP contribution in [0.4, 0.5) is 11.4 Å². The number of carbonyl (C=O) groups excluding carboxylic acids is 1. The van der Waals surface area contributed by atoms with Gasteiger partial charge in [-0.2, -0.15) is 0 Å². The molecule has 0 fully saturated rings. The quantitative estimate of drug-likeness (QED) is 0.541. The molecular weight excluding hydrogens is 244 g/mol. The predicted octanol–water partition coefficient (Wildman–Crippen LogP) is 1.94. The average molecular weight is 266 g/mol. The Kier molecular flexibility index (Phi) is 5.63. The summed E-state index contributed by atoms with van der Waals surface area (Å²) in [7, 11) is 1.33. The van der Waals surface area contributed by atoms with E-state index in [0.29, 0.717) is 17.7 Å². The first-order chi connectivity index (χ1) is 9.03. The highest BCUT2D eigenvalue weighted by Crippen LogP contribution is 2.24. The van der Waals surface area contributed by atoms with E-state index in [1.165, 1.54) is 7.11 Å². The van der Waals surface area contributed by atoms with E-state index in [1.54, 1.807) is 6.07 Å². The van der Waals surface area contributed by atoms with Crippen LogP contribution in [-0.2, 0) is 4.74 Å². The summed E-state index contributed by atoms with van der Waals surface area (Å²) in [6, 6.07) is 3.74. The number of benzene rings is 1. The number of hydrogen-bond acceptors (Lipinski definition) is 5. The van der Waals surface area contributed by atoms with Crippen molar-refractivity contribution < 1.29 is 14.6 Å². The summed E-state index contributed by atoms with van der Waals surface area (Å²) in [5.74, 6) is -0.445. The summed E-state index contributed by atoms with van der Waals surface area (Å²) >= 11 is 0. The number of rotatable bonds is 6. The van der Waals surface area contributed by atoms with Gasteiger partial charge < -0.3 is 20.9 Å². The maximum absolute atomic E-state index is 11.6. The molecule has 1 atom stereocenters. The largest absolute Gasteiger partial charge is 0.465 e. The first-order valence-electron chi connectivity index (χ1n) is 6.39. The summed E-state index contributed by atoms with van der Waals surface area (Å²) < 4.78 is 4.72. The maximum atomic E-state index is 11.6. The minimum absolute atomic E-state index is 0.128. The number of methoxy groups -OCH3 is 1. The normalized spacial score (nSPS) is 12.0. The van der Waals surface area contributed by atoms with Gasteiger partial charge in [0.15, 0.2) is 0 Å². The van der Waals surface area contributed by atoms with Gasteiger partial charge >= 0.3 is 5.97 Å². The highest BCUT2D eigenvalue weighted by molar-refractivity contribution is 5.97. The molecule has 0 aliphatic carbocycles. The third-order valence-corrected chi connectivity index (χ3v) is 3.13. The number of aryl methyl sites for hydroxylation is 1. The van der Waals surface area contributed by atoms with Crippen molar-refractivity contribution in [1.82, 2.24) is 0 Å². The second-order valence-corrected chi connectivity index (χ2v) is 4.51. The average Bonchev–Trinajstić information content (AvgIpc) is 2.41. The van der Waals surface area contributed by atoms with Crippen molar-refractivity contribution in [2.24, 2.45) is 0 Å². The molecule has 4 N–H and O–H groups in total. The Hall–Kier alpha value is -1.75. The van der Waals surface area contributed by atoms with Crippen LogP contribution in [0.2, 0.25) is 0 Å². The van der Waals surface area contributed by atoms with Gasteiger partial charge in [0.25, 0.3) is 0 Å². The van der Waals surface area contributed by atoms with E-state index < -0.39 is 5.97 Å². The van der Waals surface area contributed by atoms with Gasteiger partial charge in [0.2, 0.25) is 0 Å². The van der Waals surface area contributed by atoms with Crippen LogP contribution in [-0.4, -0.2) is 30.8 Å². The number of aliphatic hydroxyl groups is 1. The van der Waals surface area contributed by atoms with Crippen molar-refractivity contribution in [3.63, 3.8) is 0 Å². The molecule has 0 spiro atoms. The first-order valence-corrected chi connectivity index (χ1v) is 6.39. The Bertz CT molecular complexity index is 447. The highest BCUT2D eigenvalue weighted by atomic mass is 16.5. The molecule has 19 heavy (non-hydrogen) atoms. The molecule has 0 aliphatic rings. The number of nitrogens with two attached hydrogens (primary N) is 1. The molecule has 5 nitrogen and oxygen atoms in total. The molecule has 0 bridgehead atoms. The van der Waals surface area contributed by atoms with Gasteiger partial charge in [-0.05, 0) is 37.5 Å². The second kappa shape index (κ2) is 6.99. The molecule has 0 saturated carbocycles. The van der Waals surface area contributed by atoms with Crippen LogP contribution in [0.5, 0.6) is 0 Å². The van der Waals surface area contributed by atoms with Crippen LogP contribution in [0.3, 0.4) is 0 Å². The van der Waals surface area contributed by atoms with Gasteiger partial charge in [-0.3, -0.25) is 0 Å². The van der Waals surface area contributed by atoms with Crippen molar-refractivity contribution in [3.05, 3.63) is 23.3 Å². The van der Waals surface area contributed by atoms with Crippen molar-refractivity contribution in [1.29, 1.82) is 0 Å². The Labute approximate surface area is 113 Å². The number of carbonyl (C=O) groups is 1. The maximum Gasteiger partial charge on any atom is 0.340 e. The molecule has 106 valence electrons. The third kappa shape index (κ3) is 3.86. The Morgan fingerprint density at radius 1 is 1.53 bits per heavy atom. The lowest BCUT2D eigenvalue weighted by atomic mass is 10.1. The lowest BCUT2D eigenvalue weighted by Crippen LogP contribution is -2.20. The molecule has 0 aromatic heterocycles. The molecule has 1 aromatic rings. The summed E-state index contributed by atoms with van der Waals surface area (Å²) in [6.45, 7) is 4.02. The Morgan fingerprint density at radius 2 is 2.21 bits per heavy atom. The van der Waals surface area contributed by atoms with Gasteiger partial charge in [0.1, 0.15) is 0 Å². The number of nitrogens with one attached hydrogen (secondary N) is 1. The summed E-state index contributed by atoms with van der Waals surface area (Å²) in [4.78, 5) is 11.6. The molecule has 1 unspecified atom stereocenters. The zero-order valence-electron chi connectivity index (χ0n) is 11.7. The van der Waals surface area contributed by atoms with E-state index in [0.717, 1.165) is 17.7 Å². The van der Waals surface area contributed by atoms with Crippen LogP contribution in [0.25, 0.3) is 0 Å². The zero-order valence-corrected chi connectivity index (χ0v) is 11.7. The van der Waals surface area contributed by atoms with E-state index in [2.05, 4.69) is 5.32 Å². The van der Waals surface area contributed by atoms with Crippen molar-refractivity contribution in [3.8, 4) is 0 Å². The topological polar surface area (TPSA) is 84.6 Å². The minimum atomic E-state index is -0.445. The standard InChI is InChI=1S/C14H22N2O3/c1-4-10(5-6-17)16-11-7-9(2)13(15)12(8-11)14(18)19-3/h7-8,10,16-17H,4-6,15H2,1-3H3. The zero-order chi connectivity index (χ0) is 14.4. The van der Waals surface area contributed by atoms with Crippen LogP contribution >= 0.6 is 0 Å². The lowest BCUT2D eigenvalue weighted by molar-refractivity contribution is 0.0602. The van der Waals surface area contributed by atoms with Gasteiger partial charge in [-0.25, -0.2) is 4.79 Å². The molecule has 1 aromatic carbocycles.